The minimum atomic E-state index is -1.09. The fraction of sp³-hybridized carbons (Fsp3) is 0.341. The Morgan fingerprint density at radius 3 is 1.81 bits per heavy atom. The number of benzene rings is 3. The second-order valence-corrected chi connectivity index (χ2v) is 14.9. The highest BCUT2D eigenvalue weighted by molar-refractivity contribution is 8.13. The third kappa shape index (κ3) is 13.9. The van der Waals surface area contributed by atoms with Crippen molar-refractivity contribution in [3.8, 4) is 5.75 Å². The van der Waals surface area contributed by atoms with Gasteiger partial charge in [0, 0.05) is 30.1 Å². The number of hydrogen-bond donors (Lipinski definition) is 3. The Kier molecular flexibility index (Phi) is 14.8. The van der Waals surface area contributed by atoms with Crippen LogP contribution in [0, 0.1) is 5.92 Å². The smallest absolute Gasteiger partial charge is 0.408 e. The molecule has 52 heavy (non-hydrogen) atoms. The molecular weight excluding hydrogens is 677 g/mol. The SMILES string of the molecule is CC(C)C[C@H](NC(=O)OC(C)(C)C)C(=O)N[C@@H](Cc1ccc(OCc2ccccc2)cc1)C(=O)NC(Cc1ccccc1)C(=O)Sc1ccncc1. The third-order valence-corrected chi connectivity index (χ3v) is 8.70. The van der Waals surface area contributed by atoms with Gasteiger partial charge in [-0.1, -0.05) is 86.6 Å². The van der Waals surface area contributed by atoms with E-state index >= 15 is 0 Å². The van der Waals surface area contributed by atoms with Crippen LogP contribution in [0.25, 0.3) is 0 Å². The number of carbonyl (C=O) groups is 4. The Bertz CT molecular complexity index is 1730. The van der Waals surface area contributed by atoms with E-state index in [2.05, 4.69) is 20.9 Å². The van der Waals surface area contributed by atoms with Gasteiger partial charge in [-0.3, -0.25) is 19.4 Å². The van der Waals surface area contributed by atoms with Gasteiger partial charge in [-0.25, -0.2) is 4.79 Å². The van der Waals surface area contributed by atoms with Gasteiger partial charge in [0.05, 0.1) is 0 Å². The van der Waals surface area contributed by atoms with Crippen LogP contribution >= 0.6 is 11.8 Å². The maximum atomic E-state index is 14.2. The topological polar surface area (TPSA) is 136 Å². The Labute approximate surface area is 310 Å². The van der Waals surface area contributed by atoms with Crippen molar-refractivity contribution in [2.24, 2.45) is 5.92 Å². The molecule has 1 heterocycles. The summed E-state index contributed by atoms with van der Waals surface area (Å²) in [5, 5.41) is 8.23. The Hall–Kier alpha value is -5.16. The Morgan fingerprint density at radius 1 is 0.673 bits per heavy atom. The summed E-state index contributed by atoms with van der Waals surface area (Å²) in [7, 11) is 0. The standard InChI is InChI=1S/C41H48N4O6S/c1-28(2)24-34(45-40(49)51-41(3,4)5)37(46)43-35(25-30-16-18-32(19-17-30)50-27-31-14-10-7-11-15-31)38(47)44-36(26-29-12-8-6-9-13-29)39(48)52-33-20-22-42-23-21-33/h6-23,28,34-36H,24-27H2,1-5H3,(H,43,46)(H,44,47)(H,45,49)/t34-,35-,36?/m0/s1. The summed E-state index contributed by atoms with van der Waals surface area (Å²) in [5.74, 6) is -0.389. The molecule has 274 valence electrons. The first-order chi connectivity index (χ1) is 24.8. The maximum absolute atomic E-state index is 14.2. The summed E-state index contributed by atoms with van der Waals surface area (Å²) in [6, 6.07) is 27.0. The molecule has 3 atom stereocenters. The summed E-state index contributed by atoms with van der Waals surface area (Å²) in [6.45, 7) is 9.48. The number of ether oxygens (including phenoxy) is 2. The average molecular weight is 725 g/mol. The van der Waals surface area contributed by atoms with Crippen LogP contribution in [0.5, 0.6) is 5.75 Å². The molecule has 3 amide bonds. The van der Waals surface area contributed by atoms with Crippen LogP contribution in [0.1, 0.15) is 57.7 Å². The number of hydrogen-bond acceptors (Lipinski definition) is 8. The van der Waals surface area contributed by atoms with Gasteiger partial charge >= 0.3 is 6.09 Å². The van der Waals surface area contributed by atoms with Crippen LogP contribution in [0.4, 0.5) is 4.79 Å². The molecule has 0 saturated carbocycles. The second kappa shape index (κ2) is 19.4. The first-order valence-corrected chi connectivity index (χ1v) is 18.2. The predicted molar refractivity (Wildman–Crippen MR) is 203 cm³/mol. The molecule has 3 N–H and O–H groups in total. The maximum Gasteiger partial charge on any atom is 0.408 e. The van der Waals surface area contributed by atoms with Crippen molar-refractivity contribution < 1.29 is 28.7 Å². The van der Waals surface area contributed by atoms with Crippen LogP contribution in [0.3, 0.4) is 0 Å². The fourth-order valence-corrected chi connectivity index (χ4v) is 6.02. The molecule has 1 aromatic heterocycles. The first kappa shape index (κ1) is 39.6. The molecule has 4 aromatic rings. The van der Waals surface area contributed by atoms with Gasteiger partial charge in [0.15, 0.2) is 0 Å². The van der Waals surface area contributed by atoms with Crippen molar-refractivity contribution in [1.82, 2.24) is 20.9 Å². The lowest BCUT2D eigenvalue weighted by Gasteiger charge is -2.27. The summed E-state index contributed by atoms with van der Waals surface area (Å²) in [6.07, 6.45) is 3.13. The number of carbonyl (C=O) groups excluding carboxylic acids is 4. The largest absolute Gasteiger partial charge is 0.489 e. The molecule has 3 aromatic carbocycles. The molecule has 0 spiro atoms. The average Bonchev–Trinajstić information content (AvgIpc) is 3.10. The van der Waals surface area contributed by atoms with Crippen LogP contribution in [-0.2, 0) is 38.6 Å². The number of nitrogens with one attached hydrogen (secondary N) is 3. The zero-order valence-electron chi connectivity index (χ0n) is 30.3. The molecule has 0 aliphatic carbocycles. The van der Waals surface area contributed by atoms with Gasteiger partial charge in [0.1, 0.15) is 36.1 Å². The van der Waals surface area contributed by atoms with E-state index in [0.717, 1.165) is 28.5 Å². The molecule has 0 saturated heterocycles. The van der Waals surface area contributed by atoms with Crippen LogP contribution < -0.4 is 20.7 Å². The summed E-state index contributed by atoms with van der Waals surface area (Å²) in [5.41, 5.74) is 1.88. The van der Waals surface area contributed by atoms with E-state index in [4.69, 9.17) is 9.47 Å². The van der Waals surface area contributed by atoms with Crippen molar-refractivity contribution in [3.05, 3.63) is 126 Å². The lowest BCUT2D eigenvalue weighted by molar-refractivity contribution is -0.131. The van der Waals surface area contributed by atoms with Crippen molar-refractivity contribution in [2.75, 3.05) is 0 Å². The van der Waals surface area contributed by atoms with Gasteiger partial charge in [-0.15, -0.1) is 0 Å². The first-order valence-electron chi connectivity index (χ1n) is 17.4. The van der Waals surface area contributed by atoms with E-state index < -0.39 is 41.6 Å². The molecular formula is C41H48N4O6S. The molecule has 4 rings (SSSR count). The molecule has 1 unspecified atom stereocenters. The van der Waals surface area contributed by atoms with E-state index in [1.807, 2.05) is 98.8 Å². The van der Waals surface area contributed by atoms with Gasteiger partial charge in [-0.05, 0) is 85.8 Å². The minimum absolute atomic E-state index is 0.0412. The fourth-order valence-electron chi connectivity index (χ4n) is 5.24. The van der Waals surface area contributed by atoms with E-state index in [1.54, 1.807) is 45.3 Å². The lowest BCUT2D eigenvalue weighted by Crippen LogP contribution is -2.57. The Balaban J connectivity index is 1.57. The van der Waals surface area contributed by atoms with Gasteiger partial charge in [0.2, 0.25) is 16.9 Å². The van der Waals surface area contributed by atoms with Crippen molar-refractivity contribution >= 4 is 34.8 Å². The van der Waals surface area contributed by atoms with Crippen LogP contribution in [-0.4, -0.2) is 51.7 Å². The van der Waals surface area contributed by atoms with Crippen LogP contribution in [0.15, 0.2) is 114 Å². The van der Waals surface area contributed by atoms with Gasteiger partial charge in [0.25, 0.3) is 0 Å². The number of aromatic nitrogens is 1. The number of rotatable bonds is 16. The molecule has 0 bridgehead atoms. The lowest BCUT2D eigenvalue weighted by atomic mass is 10.0. The summed E-state index contributed by atoms with van der Waals surface area (Å²) in [4.78, 5) is 59.2. The van der Waals surface area contributed by atoms with Gasteiger partial charge < -0.3 is 25.4 Å². The molecule has 0 radical (unpaired) electrons. The van der Waals surface area contributed by atoms with E-state index in [1.165, 1.54) is 0 Å². The highest BCUT2D eigenvalue weighted by atomic mass is 32.2. The third-order valence-electron chi connectivity index (χ3n) is 7.71. The number of nitrogens with zero attached hydrogens (tertiary/aromatic N) is 1. The monoisotopic (exact) mass is 724 g/mol. The molecule has 0 aliphatic rings. The highest BCUT2D eigenvalue weighted by Gasteiger charge is 2.31. The quantitative estimate of drug-likeness (QED) is 0.109. The zero-order valence-corrected chi connectivity index (χ0v) is 31.2. The van der Waals surface area contributed by atoms with E-state index in [9.17, 15) is 19.2 Å². The van der Waals surface area contributed by atoms with E-state index in [0.29, 0.717) is 23.7 Å². The highest BCUT2D eigenvalue weighted by Crippen LogP contribution is 2.22. The Morgan fingerprint density at radius 2 is 1.21 bits per heavy atom. The number of thioether (sulfide) groups is 1. The summed E-state index contributed by atoms with van der Waals surface area (Å²) >= 11 is 1.01. The predicted octanol–water partition coefficient (Wildman–Crippen LogP) is 6.67. The molecule has 10 nitrogen and oxygen atoms in total. The van der Waals surface area contributed by atoms with E-state index in [-0.39, 0.29) is 23.9 Å². The zero-order chi connectivity index (χ0) is 37.5. The number of pyridine rings is 1. The van der Waals surface area contributed by atoms with Gasteiger partial charge in [-0.2, -0.15) is 0 Å². The molecule has 0 aliphatic heterocycles. The summed E-state index contributed by atoms with van der Waals surface area (Å²) < 4.78 is 11.4. The molecule has 11 heteroatoms. The van der Waals surface area contributed by atoms with Crippen LogP contribution in [0.2, 0.25) is 0 Å². The minimum Gasteiger partial charge on any atom is -0.489 e. The number of amides is 3. The van der Waals surface area contributed by atoms with Crippen molar-refractivity contribution in [1.29, 1.82) is 0 Å². The number of alkyl carbamates (subject to hydrolysis) is 1. The van der Waals surface area contributed by atoms with Crippen molar-refractivity contribution in [2.45, 2.75) is 89.1 Å². The second-order valence-electron chi connectivity index (χ2n) is 13.9. The molecule has 0 fully saturated rings. The van der Waals surface area contributed by atoms with Crippen molar-refractivity contribution in [3.63, 3.8) is 0 Å². The normalized spacial score (nSPS) is 13.0.